The molecule has 6 heteroatoms. The fraction of sp³-hybridized carbons (Fsp3) is 0.333. The molecule has 0 saturated heterocycles. The normalized spacial score (nSPS) is 10.9. The summed E-state index contributed by atoms with van der Waals surface area (Å²) in [5.41, 5.74) is 1.31. The minimum atomic E-state index is -0.157. The van der Waals surface area contributed by atoms with Crippen LogP contribution in [0, 0.1) is 3.57 Å². The van der Waals surface area contributed by atoms with Gasteiger partial charge in [-0.15, -0.1) is 0 Å². The van der Waals surface area contributed by atoms with Gasteiger partial charge in [0.15, 0.2) is 0 Å². The first-order valence-corrected chi connectivity index (χ1v) is 7.64. The molecule has 21 heavy (non-hydrogen) atoms. The topological polar surface area (TPSA) is 64.2 Å². The molecule has 0 unspecified atom stereocenters. The molecule has 0 aliphatic carbocycles. The number of nitrogens with one attached hydrogen (secondary N) is 1. The van der Waals surface area contributed by atoms with Crippen LogP contribution in [0.5, 0.6) is 5.75 Å². The maximum Gasteiger partial charge on any atom is 0.264 e. The third kappa shape index (κ3) is 4.04. The Morgan fingerprint density at radius 1 is 1.29 bits per heavy atom. The second-order valence-corrected chi connectivity index (χ2v) is 5.88. The molecule has 2 rings (SSSR count). The maximum absolute atomic E-state index is 11.9. The van der Waals surface area contributed by atoms with Crippen LogP contribution >= 0.6 is 22.6 Å². The third-order valence-electron chi connectivity index (χ3n) is 2.71. The largest absolute Gasteiger partial charge is 0.491 e. The zero-order valence-corrected chi connectivity index (χ0v) is 14.3. The number of methoxy groups -OCH3 is 1. The number of nitrogens with zero attached hydrogens (tertiary/aromatic N) is 1. The molecule has 112 valence electrons. The van der Waals surface area contributed by atoms with E-state index in [-0.39, 0.29) is 11.7 Å². The average molecular weight is 400 g/mol. The lowest BCUT2D eigenvalue weighted by Crippen LogP contribution is -2.16. The van der Waals surface area contributed by atoms with Crippen LogP contribution in [0.25, 0.3) is 11.4 Å². The lowest BCUT2D eigenvalue weighted by atomic mass is 10.2. The van der Waals surface area contributed by atoms with Crippen molar-refractivity contribution in [3.63, 3.8) is 0 Å². The molecule has 0 amide bonds. The van der Waals surface area contributed by atoms with Crippen LogP contribution in [0.15, 0.2) is 29.1 Å². The summed E-state index contributed by atoms with van der Waals surface area (Å²) >= 11 is 1.98. The molecule has 0 fully saturated rings. The zero-order valence-electron chi connectivity index (χ0n) is 12.1. The number of rotatable bonds is 5. The summed E-state index contributed by atoms with van der Waals surface area (Å²) in [5.74, 6) is 1.32. The summed E-state index contributed by atoms with van der Waals surface area (Å²) < 4.78 is 11.2. The van der Waals surface area contributed by atoms with E-state index in [1.807, 2.05) is 60.7 Å². The maximum atomic E-state index is 11.9. The Labute approximate surface area is 136 Å². The molecule has 0 radical (unpaired) electrons. The minimum Gasteiger partial charge on any atom is -0.491 e. The predicted octanol–water partition coefficient (Wildman–Crippen LogP) is 2.98. The summed E-state index contributed by atoms with van der Waals surface area (Å²) in [5, 5.41) is 0. The Bertz CT molecular complexity index is 666. The van der Waals surface area contributed by atoms with Crippen LogP contribution < -0.4 is 10.3 Å². The lowest BCUT2D eigenvalue weighted by molar-refractivity contribution is 0.180. The standard InChI is InChI=1S/C15H17IN2O3/c1-9(2)21-11-6-4-10(5-7-11)14-17-12(8-20-3)13(16)15(19)18-14/h4-7,9H,8H2,1-3H3,(H,17,18,19). The number of ether oxygens (including phenoxy) is 2. The summed E-state index contributed by atoms with van der Waals surface area (Å²) in [7, 11) is 1.58. The highest BCUT2D eigenvalue weighted by molar-refractivity contribution is 14.1. The van der Waals surface area contributed by atoms with Gasteiger partial charge in [0, 0.05) is 12.7 Å². The van der Waals surface area contributed by atoms with Gasteiger partial charge in [-0.25, -0.2) is 4.98 Å². The van der Waals surface area contributed by atoms with Crippen molar-refractivity contribution in [1.29, 1.82) is 0 Å². The molecule has 0 aliphatic heterocycles. The van der Waals surface area contributed by atoms with Crippen LogP contribution in [-0.2, 0) is 11.3 Å². The van der Waals surface area contributed by atoms with Gasteiger partial charge in [0.2, 0.25) is 0 Å². The first kappa shape index (κ1) is 16.0. The molecule has 1 heterocycles. The van der Waals surface area contributed by atoms with Crippen LogP contribution in [-0.4, -0.2) is 23.2 Å². The molecular weight excluding hydrogens is 383 g/mol. The summed E-state index contributed by atoms with van der Waals surface area (Å²) in [6.45, 7) is 4.26. The van der Waals surface area contributed by atoms with E-state index in [2.05, 4.69) is 9.97 Å². The van der Waals surface area contributed by atoms with Crippen molar-refractivity contribution in [2.24, 2.45) is 0 Å². The molecule has 0 aliphatic rings. The van der Waals surface area contributed by atoms with E-state index in [9.17, 15) is 4.79 Å². The number of hydrogen-bond acceptors (Lipinski definition) is 4. The van der Waals surface area contributed by atoms with Crippen LogP contribution in [0.3, 0.4) is 0 Å². The van der Waals surface area contributed by atoms with E-state index in [1.54, 1.807) is 7.11 Å². The lowest BCUT2D eigenvalue weighted by Gasteiger charge is -2.10. The Balaban J connectivity index is 2.35. The number of H-pyrrole nitrogens is 1. The first-order chi connectivity index (χ1) is 10.0. The quantitative estimate of drug-likeness (QED) is 0.784. The predicted molar refractivity (Wildman–Crippen MR) is 89.5 cm³/mol. The Morgan fingerprint density at radius 2 is 1.95 bits per heavy atom. The van der Waals surface area contributed by atoms with Crippen LogP contribution in [0.1, 0.15) is 19.5 Å². The van der Waals surface area contributed by atoms with Gasteiger partial charge in [0.1, 0.15) is 15.1 Å². The van der Waals surface area contributed by atoms with Gasteiger partial charge in [-0.2, -0.15) is 0 Å². The van der Waals surface area contributed by atoms with Crippen molar-refractivity contribution in [2.45, 2.75) is 26.6 Å². The molecule has 1 aromatic heterocycles. The van der Waals surface area contributed by atoms with Crippen molar-refractivity contribution in [1.82, 2.24) is 9.97 Å². The van der Waals surface area contributed by atoms with Crippen molar-refractivity contribution in [2.75, 3.05) is 7.11 Å². The minimum absolute atomic E-state index is 0.125. The zero-order chi connectivity index (χ0) is 15.4. The first-order valence-electron chi connectivity index (χ1n) is 6.56. The van der Waals surface area contributed by atoms with Crippen LogP contribution in [0.4, 0.5) is 0 Å². The third-order valence-corrected chi connectivity index (χ3v) is 3.82. The van der Waals surface area contributed by atoms with E-state index >= 15 is 0 Å². The fourth-order valence-electron chi connectivity index (χ4n) is 1.84. The van der Waals surface area contributed by atoms with E-state index in [0.29, 0.717) is 21.7 Å². The molecule has 0 saturated carbocycles. The second-order valence-electron chi connectivity index (χ2n) is 4.80. The second kappa shape index (κ2) is 7.04. The number of hydrogen-bond donors (Lipinski definition) is 1. The van der Waals surface area contributed by atoms with Gasteiger partial charge >= 0.3 is 0 Å². The summed E-state index contributed by atoms with van der Waals surface area (Å²) in [6, 6.07) is 7.48. The van der Waals surface area contributed by atoms with E-state index in [4.69, 9.17) is 9.47 Å². The number of benzene rings is 1. The van der Waals surface area contributed by atoms with E-state index < -0.39 is 0 Å². The molecule has 1 aromatic carbocycles. The molecule has 0 bridgehead atoms. The van der Waals surface area contributed by atoms with Crippen molar-refractivity contribution < 1.29 is 9.47 Å². The van der Waals surface area contributed by atoms with Gasteiger partial charge in [0.25, 0.3) is 5.56 Å². The van der Waals surface area contributed by atoms with Crippen LogP contribution in [0.2, 0.25) is 0 Å². The van der Waals surface area contributed by atoms with Crippen molar-refractivity contribution in [3.8, 4) is 17.1 Å². The summed E-state index contributed by atoms with van der Waals surface area (Å²) in [4.78, 5) is 19.2. The fourth-order valence-corrected chi connectivity index (χ4v) is 2.25. The summed E-state index contributed by atoms with van der Waals surface area (Å²) in [6.07, 6.45) is 0.125. The molecule has 5 nitrogen and oxygen atoms in total. The highest BCUT2D eigenvalue weighted by Gasteiger charge is 2.10. The van der Waals surface area contributed by atoms with Gasteiger partial charge in [-0.3, -0.25) is 4.79 Å². The SMILES string of the molecule is COCc1nc(-c2ccc(OC(C)C)cc2)[nH]c(=O)c1I. The monoisotopic (exact) mass is 400 g/mol. The number of aromatic nitrogens is 2. The smallest absolute Gasteiger partial charge is 0.264 e. The van der Waals surface area contributed by atoms with Crippen molar-refractivity contribution >= 4 is 22.6 Å². The van der Waals surface area contributed by atoms with Crippen molar-refractivity contribution in [3.05, 3.63) is 43.9 Å². The highest BCUT2D eigenvalue weighted by atomic mass is 127. The highest BCUT2D eigenvalue weighted by Crippen LogP contribution is 2.20. The Morgan fingerprint density at radius 3 is 2.52 bits per heavy atom. The number of aromatic amines is 1. The van der Waals surface area contributed by atoms with E-state index in [1.165, 1.54) is 0 Å². The molecule has 0 spiro atoms. The number of halogens is 1. The molecule has 0 atom stereocenters. The van der Waals surface area contributed by atoms with Gasteiger partial charge in [-0.1, -0.05) is 0 Å². The molecule has 2 aromatic rings. The van der Waals surface area contributed by atoms with Gasteiger partial charge < -0.3 is 14.5 Å². The van der Waals surface area contributed by atoms with E-state index in [0.717, 1.165) is 11.3 Å². The Hall–Kier alpha value is -1.41. The Kier molecular flexibility index (Phi) is 5.35. The van der Waals surface area contributed by atoms with Gasteiger partial charge in [0.05, 0.1) is 18.4 Å². The molecule has 1 N–H and O–H groups in total. The van der Waals surface area contributed by atoms with Gasteiger partial charge in [-0.05, 0) is 60.7 Å². The average Bonchev–Trinajstić information content (AvgIpc) is 2.44. The molecular formula is C15H17IN2O3.